The highest BCUT2D eigenvalue weighted by Crippen LogP contribution is 2.22. The highest BCUT2D eigenvalue weighted by Gasteiger charge is 2.10. The topological polar surface area (TPSA) is 97.5 Å². The lowest BCUT2D eigenvalue weighted by Crippen LogP contribution is -2.06. The molecule has 0 N–H and O–H groups in total. The van der Waals surface area contributed by atoms with Gasteiger partial charge in [0.15, 0.2) is 0 Å². The van der Waals surface area contributed by atoms with Gasteiger partial charge < -0.3 is 0 Å². The fraction of sp³-hybridized carbons (Fsp3) is 0.231. The van der Waals surface area contributed by atoms with Gasteiger partial charge in [-0.25, -0.2) is 0 Å². The highest BCUT2D eigenvalue weighted by atomic mass is 15.1. The van der Waals surface area contributed by atoms with Crippen LogP contribution >= 0.6 is 0 Å². The van der Waals surface area contributed by atoms with E-state index in [9.17, 15) is 0 Å². The lowest BCUT2D eigenvalue weighted by molar-refractivity contribution is 0.703. The molecule has 0 saturated carbocycles. The van der Waals surface area contributed by atoms with E-state index in [1.165, 1.54) is 0 Å². The number of benzene rings is 2. The molecule has 2 rings (SSSR count). The first-order valence-corrected chi connectivity index (χ1v) is 5.85. The molecule has 6 heteroatoms. The minimum Gasteiger partial charge on any atom is -0.0933 e. The van der Waals surface area contributed by atoms with E-state index in [-0.39, 0.29) is 19.0 Å². The third-order valence-corrected chi connectivity index (χ3v) is 2.98. The van der Waals surface area contributed by atoms with E-state index in [0.29, 0.717) is 0 Å². The minimum absolute atomic E-state index is 0.0867. The molecule has 19 heavy (non-hydrogen) atoms. The van der Waals surface area contributed by atoms with Crippen molar-refractivity contribution in [1.82, 2.24) is 0 Å². The van der Waals surface area contributed by atoms with Crippen molar-refractivity contribution >= 4 is 10.8 Å². The van der Waals surface area contributed by atoms with E-state index >= 15 is 0 Å². The number of hydrogen-bond acceptors (Lipinski definition) is 2. The second-order valence-corrected chi connectivity index (χ2v) is 4.13. The van der Waals surface area contributed by atoms with Crippen molar-refractivity contribution in [2.75, 3.05) is 13.1 Å². The Morgan fingerprint density at radius 3 is 2.16 bits per heavy atom. The molecular weight excluding hydrogens is 240 g/mol. The van der Waals surface area contributed by atoms with Gasteiger partial charge in [0.05, 0.1) is 0 Å². The number of fused-ring (bicyclic) bond motifs is 1. The Hall–Kier alpha value is -2.68. The SMILES string of the molecule is [N-]=[N+]=NCC(CN=[N+]=[N-])c1ccc2ccccc2c1. The molecule has 0 saturated heterocycles. The van der Waals surface area contributed by atoms with E-state index in [2.05, 4.69) is 20.1 Å². The van der Waals surface area contributed by atoms with E-state index < -0.39 is 0 Å². The number of azide groups is 2. The maximum atomic E-state index is 8.41. The quantitative estimate of drug-likeness (QED) is 0.424. The first-order chi connectivity index (χ1) is 9.35. The van der Waals surface area contributed by atoms with Crippen LogP contribution in [0.15, 0.2) is 52.7 Å². The number of nitrogens with zero attached hydrogens (tertiary/aromatic N) is 6. The second-order valence-electron chi connectivity index (χ2n) is 4.13. The summed E-state index contributed by atoms with van der Waals surface area (Å²) in [5.74, 6) is -0.0867. The molecule has 0 unspecified atom stereocenters. The summed E-state index contributed by atoms with van der Waals surface area (Å²) in [6.07, 6.45) is 0. The molecule has 2 aromatic rings. The molecule has 6 nitrogen and oxygen atoms in total. The molecule has 0 spiro atoms. The fourth-order valence-electron chi connectivity index (χ4n) is 2.00. The van der Waals surface area contributed by atoms with Crippen LogP contribution in [0.2, 0.25) is 0 Å². The van der Waals surface area contributed by atoms with Crippen molar-refractivity contribution in [2.24, 2.45) is 10.2 Å². The maximum Gasteiger partial charge on any atom is 0.0328 e. The van der Waals surface area contributed by atoms with Crippen molar-refractivity contribution in [2.45, 2.75) is 5.92 Å². The van der Waals surface area contributed by atoms with Crippen LogP contribution in [0, 0.1) is 0 Å². The third-order valence-electron chi connectivity index (χ3n) is 2.98. The molecule has 0 aliphatic heterocycles. The van der Waals surface area contributed by atoms with Gasteiger partial charge in [0.2, 0.25) is 0 Å². The van der Waals surface area contributed by atoms with Crippen LogP contribution in [0.5, 0.6) is 0 Å². The lowest BCUT2D eigenvalue weighted by atomic mass is 9.96. The molecule has 0 heterocycles. The summed E-state index contributed by atoms with van der Waals surface area (Å²) in [5, 5.41) is 9.43. The minimum atomic E-state index is -0.0867. The molecular formula is C13H12N6. The van der Waals surface area contributed by atoms with E-state index in [1.54, 1.807) is 0 Å². The largest absolute Gasteiger partial charge is 0.0933 e. The van der Waals surface area contributed by atoms with Gasteiger partial charge in [0.1, 0.15) is 0 Å². The average Bonchev–Trinajstić information content (AvgIpc) is 2.47. The normalized spacial score (nSPS) is 11.4. The molecule has 0 aliphatic rings. The van der Waals surface area contributed by atoms with Crippen LogP contribution in [0.3, 0.4) is 0 Å². The summed E-state index contributed by atoms with van der Waals surface area (Å²) in [5.41, 5.74) is 17.8. The van der Waals surface area contributed by atoms with Crippen LogP contribution in [-0.4, -0.2) is 13.1 Å². The molecule has 0 atom stereocenters. The second kappa shape index (κ2) is 6.31. The van der Waals surface area contributed by atoms with Crippen molar-refractivity contribution in [3.8, 4) is 0 Å². The molecule has 0 amide bonds. The third kappa shape index (κ3) is 3.16. The van der Waals surface area contributed by atoms with Crippen molar-refractivity contribution in [3.05, 3.63) is 68.9 Å². The Labute approximate surface area is 109 Å². The molecule has 94 valence electrons. The summed E-state index contributed by atoms with van der Waals surface area (Å²) >= 11 is 0. The Morgan fingerprint density at radius 1 is 0.895 bits per heavy atom. The van der Waals surface area contributed by atoms with Crippen LogP contribution < -0.4 is 0 Å². The zero-order valence-electron chi connectivity index (χ0n) is 10.2. The van der Waals surface area contributed by atoms with E-state index in [4.69, 9.17) is 11.1 Å². The predicted molar refractivity (Wildman–Crippen MR) is 74.7 cm³/mol. The maximum absolute atomic E-state index is 8.41. The molecule has 0 fully saturated rings. The van der Waals surface area contributed by atoms with Gasteiger partial charge in [-0.05, 0) is 33.3 Å². The van der Waals surface area contributed by atoms with Crippen molar-refractivity contribution in [1.29, 1.82) is 0 Å². The Bertz CT molecular complexity index is 648. The monoisotopic (exact) mass is 252 g/mol. The summed E-state index contributed by atoms with van der Waals surface area (Å²) in [4.78, 5) is 5.52. The zero-order chi connectivity index (χ0) is 13.5. The summed E-state index contributed by atoms with van der Waals surface area (Å²) in [6.45, 7) is 0.571. The van der Waals surface area contributed by atoms with E-state index in [0.717, 1.165) is 16.3 Å². The van der Waals surface area contributed by atoms with E-state index in [1.807, 2.05) is 42.5 Å². The fourth-order valence-corrected chi connectivity index (χ4v) is 2.00. The van der Waals surface area contributed by atoms with Gasteiger partial charge in [-0.1, -0.05) is 52.7 Å². The summed E-state index contributed by atoms with van der Waals surface area (Å²) < 4.78 is 0. The lowest BCUT2D eigenvalue weighted by Gasteiger charge is -2.12. The van der Waals surface area contributed by atoms with Crippen LogP contribution in [-0.2, 0) is 0 Å². The average molecular weight is 252 g/mol. The summed E-state index contributed by atoms with van der Waals surface area (Å²) in [6, 6.07) is 14.1. The van der Waals surface area contributed by atoms with Gasteiger partial charge in [0, 0.05) is 22.9 Å². The first-order valence-electron chi connectivity index (χ1n) is 5.85. The van der Waals surface area contributed by atoms with Crippen molar-refractivity contribution < 1.29 is 0 Å². The summed E-state index contributed by atoms with van der Waals surface area (Å²) in [7, 11) is 0. The molecule has 0 aromatic heterocycles. The Balaban J connectivity index is 2.36. The first kappa shape index (κ1) is 12.8. The molecule has 2 aromatic carbocycles. The molecule has 0 bridgehead atoms. The van der Waals surface area contributed by atoms with Crippen LogP contribution in [0.1, 0.15) is 11.5 Å². The van der Waals surface area contributed by atoms with Gasteiger partial charge in [0.25, 0.3) is 0 Å². The van der Waals surface area contributed by atoms with Gasteiger partial charge >= 0.3 is 0 Å². The Kier molecular flexibility index (Phi) is 4.24. The number of hydrogen-bond donors (Lipinski definition) is 0. The van der Waals surface area contributed by atoms with Crippen LogP contribution in [0.4, 0.5) is 0 Å². The molecule has 0 aliphatic carbocycles. The van der Waals surface area contributed by atoms with Gasteiger partial charge in [-0.15, -0.1) is 0 Å². The van der Waals surface area contributed by atoms with Crippen molar-refractivity contribution in [3.63, 3.8) is 0 Å². The van der Waals surface area contributed by atoms with Gasteiger partial charge in [-0.2, -0.15) is 0 Å². The smallest absolute Gasteiger partial charge is 0.0328 e. The Morgan fingerprint density at radius 2 is 1.53 bits per heavy atom. The van der Waals surface area contributed by atoms with Gasteiger partial charge in [-0.3, -0.25) is 0 Å². The number of rotatable bonds is 5. The zero-order valence-corrected chi connectivity index (χ0v) is 10.2. The standard InChI is InChI=1S/C13H12N6/c14-18-16-8-13(9-17-19-15)12-6-5-10-3-1-2-4-11(10)7-12/h1-7,13H,8-9H2. The predicted octanol–water partition coefficient (Wildman–Crippen LogP) is 4.54. The highest BCUT2D eigenvalue weighted by molar-refractivity contribution is 5.83. The molecule has 0 radical (unpaired) electrons. The van der Waals surface area contributed by atoms with Crippen LogP contribution in [0.25, 0.3) is 31.7 Å².